The van der Waals surface area contributed by atoms with E-state index >= 15 is 0 Å². The molecule has 10 nitrogen and oxygen atoms in total. The van der Waals surface area contributed by atoms with Crippen molar-refractivity contribution >= 4 is 37.4 Å². The molecule has 0 unspecified atom stereocenters. The van der Waals surface area contributed by atoms with Crippen molar-refractivity contribution in [2.75, 3.05) is 4.72 Å². The third-order valence-corrected chi connectivity index (χ3v) is 7.34. The fourth-order valence-electron chi connectivity index (χ4n) is 3.54. The van der Waals surface area contributed by atoms with Crippen LogP contribution >= 0.6 is 0 Å². The maximum absolute atomic E-state index is 13.2. The third kappa shape index (κ3) is 3.53. The number of fused-ring (bicyclic) bond motifs is 2. The Morgan fingerprint density at radius 3 is 1.82 bits per heavy atom. The Hall–Kier alpha value is -3.74. The fourth-order valence-corrected chi connectivity index (χ4v) is 5.30. The van der Waals surface area contributed by atoms with E-state index < -0.39 is 64.9 Å². The first-order valence-electron chi connectivity index (χ1n) is 9.20. The lowest BCUT2D eigenvalue weighted by Gasteiger charge is -2.25. The Morgan fingerprint density at radius 1 is 0.788 bits per heavy atom. The summed E-state index contributed by atoms with van der Waals surface area (Å²) in [5.41, 5.74) is -2.33. The van der Waals surface area contributed by atoms with E-state index in [1.165, 1.54) is 48.5 Å². The number of aryl methyl sites for hydroxylation is 1. The van der Waals surface area contributed by atoms with Gasteiger partial charge in [0.15, 0.2) is 17.3 Å². The molecule has 0 bridgehead atoms. The van der Waals surface area contributed by atoms with Gasteiger partial charge < -0.3 is 14.8 Å². The number of aromatic hydroxyl groups is 2. The highest BCUT2D eigenvalue weighted by molar-refractivity contribution is 7.92. The van der Waals surface area contributed by atoms with E-state index in [4.69, 9.17) is 0 Å². The van der Waals surface area contributed by atoms with Gasteiger partial charge in [-0.2, -0.15) is 0 Å². The smallest absolute Gasteiger partial charge is 0.262 e. The van der Waals surface area contributed by atoms with Gasteiger partial charge in [-0.15, -0.1) is 0 Å². The predicted molar refractivity (Wildman–Crippen MR) is 113 cm³/mol. The molecule has 170 valence electrons. The molecule has 4 rings (SSSR count). The number of phenolic OH excluding ortho intramolecular Hbond substituents is 2. The molecule has 0 amide bonds. The summed E-state index contributed by atoms with van der Waals surface area (Å²) < 4.78 is 63.1. The van der Waals surface area contributed by atoms with Gasteiger partial charge in [-0.05, 0) is 19.1 Å². The minimum atomic E-state index is -5.61. The van der Waals surface area contributed by atoms with Crippen LogP contribution in [0.3, 0.4) is 0 Å². The van der Waals surface area contributed by atoms with Crippen LogP contribution in [0.15, 0.2) is 58.3 Å². The van der Waals surface area contributed by atoms with Gasteiger partial charge in [0.1, 0.15) is 26.5 Å². The first-order valence-corrected chi connectivity index (χ1v) is 12.1. The normalized spacial score (nSPS) is 13.4. The van der Waals surface area contributed by atoms with Crippen LogP contribution < -0.4 is 4.72 Å². The number of benzene rings is 3. The highest BCUT2D eigenvalue weighted by Gasteiger charge is 2.40. The number of ketones is 2. The highest BCUT2D eigenvalue weighted by Crippen LogP contribution is 2.48. The molecule has 0 aliphatic heterocycles. The fraction of sp³-hybridized carbons (Fsp3) is 0.0476. The molecule has 3 aromatic carbocycles. The molecule has 0 spiro atoms. The minimum absolute atomic E-state index is 0.165. The number of hydrogen-bond donors (Lipinski definition) is 3. The van der Waals surface area contributed by atoms with E-state index in [9.17, 15) is 41.2 Å². The van der Waals surface area contributed by atoms with Gasteiger partial charge in [-0.3, -0.25) is 14.3 Å². The maximum Gasteiger partial charge on any atom is 0.262 e. The average molecular weight is 488 g/mol. The summed E-state index contributed by atoms with van der Waals surface area (Å²) in [6.45, 7) is 1.71. The number of rotatable bonds is 4. The van der Waals surface area contributed by atoms with Crippen molar-refractivity contribution in [2.45, 2.75) is 16.7 Å². The molecule has 3 aromatic rings. The monoisotopic (exact) mass is 488 g/mol. The van der Waals surface area contributed by atoms with Gasteiger partial charge in [0.2, 0.25) is 0 Å². The topological polar surface area (TPSA) is 178 Å². The lowest BCUT2D eigenvalue weighted by molar-refractivity contribution is 0.0976. The Kier molecular flexibility index (Phi) is 5.04. The molecule has 0 aromatic heterocycles. The molecule has 3 N–H and O–H groups in total. The van der Waals surface area contributed by atoms with Crippen LogP contribution in [0.2, 0.25) is 0 Å². The highest BCUT2D eigenvalue weighted by atomic mass is 32.2. The molecule has 1 aliphatic carbocycles. The second-order valence-electron chi connectivity index (χ2n) is 7.23. The average Bonchev–Trinajstić information content (AvgIpc) is 2.73. The van der Waals surface area contributed by atoms with Crippen LogP contribution in [-0.2, 0) is 20.1 Å². The number of anilines is 1. The largest absolute Gasteiger partial charge is 0.744 e. The maximum atomic E-state index is 13.2. The van der Waals surface area contributed by atoms with Crippen molar-refractivity contribution in [3.8, 4) is 11.5 Å². The number of sulfonamides is 1. The summed E-state index contributed by atoms with van der Waals surface area (Å²) in [5.74, 6) is -4.94. The van der Waals surface area contributed by atoms with Crippen molar-refractivity contribution < 1.29 is 41.2 Å². The zero-order valence-corrected chi connectivity index (χ0v) is 18.3. The number of hydrogen-bond acceptors (Lipinski definition) is 9. The van der Waals surface area contributed by atoms with E-state index in [-0.39, 0.29) is 16.0 Å². The minimum Gasteiger partial charge on any atom is -0.744 e. The van der Waals surface area contributed by atoms with E-state index in [1.54, 1.807) is 6.92 Å². The Balaban J connectivity index is 2.06. The van der Waals surface area contributed by atoms with Crippen LogP contribution in [0.5, 0.6) is 11.5 Å². The summed E-state index contributed by atoms with van der Waals surface area (Å²) in [6, 6.07) is 10.7. The lowest BCUT2D eigenvalue weighted by Crippen LogP contribution is -2.25. The molecular weight excluding hydrogens is 474 g/mol. The second kappa shape index (κ2) is 7.40. The molecule has 0 saturated heterocycles. The Labute approximate surface area is 187 Å². The van der Waals surface area contributed by atoms with Crippen LogP contribution in [0, 0.1) is 6.92 Å². The molecule has 1 aliphatic rings. The van der Waals surface area contributed by atoms with Gasteiger partial charge in [-0.1, -0.05) is 42.0 Å². The number of phenols is 2. The first kappa shape index (κ1) is 22.5. The molecule has 0 atom stereocenters. The van der Waals surface area contributed by atoms with Gasteiger partial charge in [0, 0.05) is 11.1 Å². The summed E-state index contributed by atoms with van der Waals surface area (Å²) in [6.07, 6.45) is 0. The molecule has 0 radical (unpaired) electrons. The van der Waals surface area contributed by atoms with Crippen LogP contribution in [0.25, 0.3) is 0 Å². The summed E-state index contributed by atoms with van der Waals surface area (Å²) in [5, 5.41) is 21.0. The quantitative estimate of drug-likeness (QED) is 0.220. The van der Waals surface area contributed by atoms with Crippen LogP contribution in [0.1, 0.15) is 37.4 Å². The first-order chi connectivity index (χ1) is 15.3. The summed E-state index contributed by atoms with van der Waals surface area (Å²) in [7, 11) is -10.1. The van der Waals surface area contributed by atoms with Gasteiger partial charge in [0.05, 0.1) is 16.0 Å². The van der Waals surface area contributed by atoms with Crippen LogP contribution in [-0.4, -0.2) is 43.2 Å². The molecule has 12 heteroatoms. The van der Waals surface area contributed by atoms with Gasteiger partial charge in [-0.25, -0.2) is 16.8 Å². The number of carbonyl (C=O) groups is 2. The zero-order valence-electron chi connectivity index (χ0n) is 16.7. The van der Waals surface area contributed by atoms with E-state index in [2.05, 4.69) is 0 Å². The van der Waals surface area contributed by atoms with E-state index in [1.807, 2.05) is 4.72 Å². The SMILES string of the molecule is Cc1ccc(S(=O)(=O)Nc2c(O)c(S(=O)(=O)[O-])c(O)c3c2C(=O)c2ccccc2C3=O)cc1. The van der Waals surface area contributed by atoms with Crippen molar-refractivity contribution in [1.82, 2.24) is 0 Å². The third-order valence-electron chi connectivity index (χ3n) is 5.09. The molecule has 33 heavy (non-hydrogen) atoms. The molecular formula is C21H14NO9S2-. The second-order valence-corrected chi connectivity index (χ2v) is 10.2. The van der Waals surface area contributed by atoms with Gasteiger partial charge in [0.25, 0.3) is 10.0 Å². The molecule has 0 heterocycles. The van der Waals surface area contributed by atoms with Crippen molar-refractivity contribution in [3.63, 3.8) is 0 Å². The van der Waals surface area contributed by atoms with Crippen LogP contribution in [0.4, 0.5) is 5.69 Å². The predicted octanol–water partition coefficient (Wildman–Crippen LogP) is 1.89. The Bertz CT molecular complexity index is 1570. The molecule has 0 saturated carbocycles. The molecule has 0 fully saturated rings. The van der Waals surface area contributed by atoms with E-state index in [0.29, 0.717) is 0 Å². The number of nitrogens with one attached hydrogen (secondary N) is 1. The number of carbonyl (C=O) groups excluding carboxylic acids is 2. The summed E-state index contributed by atoms with van der Waals surface area (Å²) in [4.78, 5) is 24.3. The standard InChI is InChI=1S/C21H15NO9S2/c1-10-6-8-11(9-7-10)32(27,28)22-16-14-15(19(25)21(20(16)26)33(29,30)31)18(24)13-5-3-2-4-12(13)17(14)23/h2-9,22,25-26H,1H3,(H,29,30,31)/p-1. The van der Waals surface area contributed by atoms with E-state index in [0.717, 1.165) is 5.56 Å². The van der Waals surface area contributed by atoms with Crippen molar-refractivity contribution in [3.05, 3.63) is 76.3 Å². The Morgan fingerprint density at radius 2 is 1.30 bits per heavy atom. The van der Waals surface area contributed by atoms with Crippen molar-refractivity contribution in [1.29, 1.82) is 0 Å². The van der Waals surface area contributed by atoms with Gasteiger partial charge >= 0.3 is 0 Å². The lowest BCUT2D eigenvalue weighted by atomic mass is 9.82. The van der Waals surface area contributed by atoms with Crippen molar-refractivity contribution in [2.24, 2.45) is 0 Å². The zero-order chi connectivity index (χ0) is 24.3. The summed E-state index contributed by atoms with van der Waals surface area (Å²) >= 11 is 0.